The molecule has 3 aromatic rings. The normalized spacial score (nSPS) is 16.8. The SMILES string of the molecule is CNS(=O)(=O)c1ccccc1N1CCN([C@@H](C)c2ccc3ccccc3c2)CC1. The molecule has 152 valence electrons. The van der Waals surface area contributed by atoms with E-state index in [9.17, 15) is 8.42 Å². The highest BCUT2D eigenvalue weighted by molar-refractivity contribution is 7.89. The lowest BCUT2D eigenvalue weighted by Crippen LogP contribution is -2.47. The second kappa shape index (κ2) is 8.14. The predicted octanol–water partition coefficient (Wildman–Crippen LogP) is 3.63. The largest absolute Gasteiger partial charge is 0.368 e. The van der Waals surface area contributed by atoms with E-state index in [1.807, 2.05) is 12.1 Å². The number of para-hydroxylation sites is 1. The van der Waals surface area contributed by atoms with Crippen LogP contribution >= 0.6 is 0 Å². The lowest BCUT2D eigenvalue weighted by molar-refractivity contribution is 0.198. The molecular weight excluding hydrogens is 382 g/mol. The maximum Gasteiger partial charge on any atom is 0.242 e. The van der Waals surface area contributed by atoms with Crippen LogP contribution in [0.1, 0.15) is 18.5 Å². The number of anilines is 1. The number of sulfonamides is 1. The molecule has 1 aliphatic heterocycles. The molecule has 0 amide bonds. The Labute approximate surface area is 173 Å². The Morgan fingerprint density at radius 1 is 0.862 bits per heavy atom. The maximum absolute atomic E-state index is 12.4. The zero-order chi connectivity index (χ0) is 20.4. The molecule has 0 aromatic heterocycles. The van der Waals surface area contributed by atoms with Crippen LogP contribution in [0.3, 0.4) is 0 Å². The van der Waals surface area contributed by atoms with E-state index in [1.54, 1.807) is 12.1 Å². The molecule has 1 aliphatic rings. The summed E-state index contributed by atoms with van der Waals surface area (Å²) in [6.07, 6.45) is 0. The topological polar surface area (TPSA) is 52.7 Å². The second-order valence-corrected chi connectivity index (χ2v) is 9.34. The molecule has 1 fully saturated rings. The molecule has 4 rings (SSSR count). The molecule has 0 saturated carbocycles. The summed E-state index contributed by atoms with van der Waals surface area (Å²) in [6.45, 7) is 5.63. The van der Waals surface area contributed by atoms with E-state index in [1.165, 1.54) is 23.4 Å². The van der Waals surface area contributed by atoms with Crippen LogP contribution in [0.4, 0.5) is 5.69 Å². The lowest BCUT2D eigenvalue weighted by atomic mass is 10.0. The molecule has 0 radical (unpaired) electrons. The highest BCUT2D eigenvalue weighted by Crippen LogP contribution is 2.29. The van der Waals surface area contributed by atoms with Gasteiger partial charge in [0, 0.05) is 32.2 Å². The van der Waals surface area contributed by atoms with Crippen molar-refractivity contribution in [2.24, 2.45) is 0 Å². The number of fused-ring (bicyclic) bond motifs is 1. The number of hydrogen-bond donors (Lipinski definition) is 1. The standard InChI is InChI=1S/C23H27N3O2S/c1-18(20-12-11-19-7-3-4-8-21(19)17-20)25-13-15-26(16-14-25)22-9-5-6-10-23(22)29(27,28)24-2/h3-12,17-18,24H,13-16H2,1-2H3/t18-/m0/s1. The first-order valence-corrected chi connectivity index (χ1v) is 11.5. The number of piperazine rings is 1. The van der Waals surface area contributed by atoms with E-state index in [4.69, 9.17) is 0 Å². The van der Waals surface area contributed by atoms with Crippen molar-refractivity contribution in [2.75, 3.05) is 38.1 Å². The summed E-state index contributed by atoms with van der Waals surface area (Å²) in [5.74, 6) is 0. The van der Waals surface area contributed by atoms with Crippen LogP contribution in [0, 0.1) is 0 Å². The molecule has 1 heterocycles. The Bertz CT molecular complexity index is 1110. The van der Waals surface area contributed by atoms with Gasteiger partial charge in [-0.3, -0.25) is 4.90 Å². The summed E-state index contributed by atoms with van der Waals surface area (Å²) in [5, 5.41) is 2.53. The molecular formula is C23H27N3O2S. The molecule has 6 heteroatoms. The number of benzene rings is 3. The Morgan fingerprint density at radius 3 is 2.24 bits per heavy atom. The molecule has 29 heavy (non-hydrogen) atoms. The van der Waals surface area contributed by atoms with Crippen molar-refractivity contribution in [3.63, 3.8) is 0 Å². The van der Waals surface area contributed by atoms with Gasteiger partial charge in [-0.05, 0) is 48.5 Å². The average molecular weight is 410 g/mol. The molecule has 1 atom stereocenters. The molecule has 1 saturated heterocycles. The fourth-order valence-electron chi connectivity index (χ4n) is 4.08. The predicted molar refractivity (Wildman–Crippen MR) is 119 cm³/mol. The second-order valence-electron chi connectivity index (χ2n) is 7.48. The van der Waals surface area contributed by atoms with E-state index < -0.39 is 10.0 Å². The van der Waals surface area contributed by atoms with E-state index >= 15 is 0 Å². The van der Waals surface area contributed by atoms with Gasteiger partial charge < -0.3 is 4.90 Å². The third kappa shape index (κ3) is 4.01. The lowest BCUT2D eigenvalue weighted by Gasteiger charge is -2.39. The van der Waals surface area contributed by atoms with Gasteiger partial charge in [0.15, 0.2) is 0 Å². The Balaban J connectivity index is 1.50. The van der Waals surface area contributed by atoms with Gasteiger partial charge in [0.05, 0.1) is 5.69 Å². The first-order chi connectivity index (χ1) is 14.0. The zero-order valence-corrected chi connectivity index (χ0v) is 17.7. The van der Waals surface area contributed by atoms with Crippen molar-refractivity contribution in [2.45, 2.75) is 17.9 Å². The Hall–Kier alpha value is -2.41. The molecule has 0 unspecified atom stereocenters. The minimum atomic E-state index is -3.48. The fraction of sp³-hybridized carbons (Fsp3) is 0.304. The molecule has 1 N–H and O–H groups in total. The number of hydrogen-bond acceptors (Lipinski definition) is 4. The Kier molecular flexibility index (Phi) is 5.58. The minimum absolute atomic E-state index is 0.318. The number of rotatable bonds is 5. The van der Waals surface area contributed by atoms with Crippen LogP contribution < -0.4 is 9.62 Å². The summed E-state index contributed by atoms with van der Waals surface area (Å²) in [7, 11) is -2.02. The van der Waals surface area contributed by atoms with Gasteiger partial charge in [-0.1, -0.05) is 48.5 Å². The minimum Gasteiger partial charge on any atom is -0.368 e. The number of nitrogens with zero attached hydrogens (tertiary/aromatic N) is 2. The third-order valence-electron chi connectivity index (χ3n) is 5.88. The van der Waals surface area contributed by atoms with Gasteiger partial charge in [0.2, 0.25) is 10.0 Å². The van der Waals surface area contributed by atoms with Gasteiger partial charge in [0.1, 0.15) is 4.90 Å². The van der Waals surface area contributed by atoms with Crippen LogP contribution in [0.5, 0.6) is 0 Å². The van der Waals surface area contributed by atoms with E-state index in [0.717, 1.165) is 31.9 Å². The highest BCUT2D eigenvalue weighted by atomic mass is 32.2. The Morgan fingerprint density at radius 2 is 1.52 bits per heavy atom. The van der Waals surface area contributed by atoms with Crippen LogP contribution in [0.15, 0.2) is 71.6 Å². The van der Waals surface area contributed by atoms with Crippen molar-refractivity contribution in [1.82, 2.24) is 9.62 Å². The van der Waals surface area contributed by atoms with Crippen molar-refractivity contribution < 1.29 is 8.42 Å². The van der Waals surface area contributed by atoms with Crippen LogP contribution in [-0.4, -0.2) is 46.5 Å². The smallest absolute Gasteiger partial charge is 0.242 e. The zero-order valence-electron chi connectivity index (χ0n) is 16.9. The molecule has 0 spiro atoms. The van der Waals surface area contributed by atoms with E-state index in [2.05, 4.69) is 63.9 Å². The van der Waals surface area contributed by atoms with Gasteiger partial charge in [-0.2, -0.15) is 0 Å². The molecule has 0 bridgehead atoms. The van der Waals surface area contributed by atoms with E-state index in [-0.39, 0.29) is 0 Å². The average Bonchev–Trinajstić information content (AvgIpc) is 2.78. The van der Waals surface area contributed by atoms with Crippen molar-refractivity contribution in [3.05, 3.63) is 72.3 Å². The van der Waals surface area contributed by atoms with Crippen LogP contribution in [0.2, 0.25) is 0 Å². The highest BCUT2D eigenvalue weighted by Gasteiger charge is 2.26. The quantitative estimate of drug-likeness (QED) is 0.699. The van der Waals surface area contributed by atoms with Gasteiger partial charge in [-0.25, -0.2) is 13.1 Å². The maximum atomic E-state index is 12.4. The summed E-state index contributed by atoms with van der Waals surface area (Å²) in [4.78, 5) is 4.99. The summed E-state index contributed by atoms with van der Waals surface area (Å²) >= 11 is 0. The molecule has 0 aliphatic carbocycles. The molecule has 3 aromatic carbocycles. The first kappa shape index (κ1) is 19.9. The fourth-order valence-corrected chi connectivity index (χ4v) is 5.03. The summed E-state index contributed by atoms with van der Waals surface area (Å²) in [5.41, 5.74) is 2.09. The molecule has 5 nitrogen and oxygen atoms in total. The van der Waals surface area contributed by atoms with E-state index in [0.29, 0.717) is 10.9 Å². The van der Waals surface area contributed by atoms with Crippen molar-refractivity contribution in [3.8, 4) is 0 Å². The van der Waals surface area contributed by atoms with Crippen LogP contribution in [0.25, 0.3) is 10.8 Å². The van der Waals surface area contributed by atoms with Gasteiger partial charge in [0.25, 0.3) is 0 Å². The third-order valence-corrected chi connectivity index (χ3v) is 7.34. The van der Waals surface area contributed by atoms with Gasteiger partial charge in [-0.15, -0.1) is 0 Å². The summed E-state index contributed by atoms with van der Waals surface area (Å²) in [6, 6.07) is 22.7. The number of nitrogens with one attached hydrogen (secondary N) is 1. The van der Waals surface area contributed by atoms with Gasteiger partial charge >= 0.3 is 0 Å². The summed E-state index contributed by atoms with van der Waals surface area (Å²) < 4.78 is 27.2. The first-order valence-electron chi connectivity index (χ1n) is 10.00. The van der Waals surface area contributed by atoms with Crippen molar-refractivity contribution in [1.29, 1.82) is 0 Å². The monoisotopic (exact) mass is 409 g/mol. The van der Waals surface area contributed by atoms with Crippen molar-refractivity contribution >= 4 is 26.5 Å². The van der Waals surface area contributed by atoms with Crippen LogP contribution in [-0.2, 0) is 10.0 Å².